The van der Waals surface area contributed by atoms with Gasteiger partial charge in [-0.3, -0.25) is 9.59 Å². The van der Waals surface area contributed by atoms with Crippen LogP contribution in [0.4, 0.5) is 5.69 Å². The average Bonchev–Trinajstić information content (AvgIpc) is 3.12. The minimum absolute atomic E-state index is 0. The number of benzene rings is 1. The molecule has 0 saturated heterocycles. The highest BCUT2D eigenvalue weighted by Gasteiger charge is 2.22. The van der Waals surface area contributed by atoms with Crippen LogP contribution in [-0.2, 0) is 16.1 Å². The predicted molar refractivity (Wildman–Crippen MR) is 107 cm³/mol. The first-order valence-electron chi connectivity index (χ1n) is 8.52. The van der Waals surface area contributed by atoms with E-state index in [2.05, 4.69) is 10.6 Å². The summed E-state index contributed by atoms with van der Waals surface area (Å²) in [6.07, 6.45) is 6.91. The van der Waals surface area contributed by atoms with Crippen LogP contribution in [0.3, 0.4) is 0 Å². The van der Waals surface area contributed by atoms with Crippen molar-refractivity contribution >= 4 is 41.7 Å². The van der Waals surface area contributed by atoms with E-state index in [1.165, 1.54) is 0 Å². The summed E-state index contributed by atoms with van der Waals surface area (Å²) < 4.78 is 0. The van der Waals surface area contributed by atoms with Gasteiger partial charge in [-0.25, -0.2) is 0 Å². The fourth-order valence-electron chi connectivity index (χ4n) is 2.89. The molecule has 25 heavy (non-hydrogen) atoms. The van der Waals surface area contributed by atoms with E-state index in [4.69, 9.17) is 5.73 Å². The van der Waals surface area contributed by atoms with Crippen molar-refractivity contribution in [2.24, 2.45) is 11.7 Å². The number of hydrogen-bond donors (Lipinski definition) is 3. The lowest BCUT2D eigenvalue weighted by atomic mass is 10.1. The average molecular weight is 386 g/mol. The number of anilines is 1. The minimum Gasteiger partial charge on any atom is -0.351 e. The third-order valence-corrected chi connectivity index (χ3v) is 5.00. The molecule has 4 N–H and O–H groups in total. The number of thioether (sulfide) groups is 1. The second-order valence-corrected chi connectivity index (χ2v) is 7.26. The Morgan fingerprint density at radius 1 is 1.32 bits per heavy atom. The molecule has 0 heterocycles. The quantitative estimate of drug-likeness (QED) is 0.642. The number of rotatable bonds is 8. The minimum atomic E-state index is -0.470. The van der Waals surface area contributed by atoms with E-state index < -0.39 is 6.04 Å². The molecule has 2 rings (SSSR count). The number of carbonyl (C=O) groups is 2. The lowest BCUT2D eigenvalue weighted by Gasteiger charge is -2.13. The van der Waals surface area contributed by atoms with E-state index >= 15 is 0 Å². The van der Waals surface area contributed by atoms with Crippen LogP contribution in [0.25, 0.3) is 0 Å². The van der Waals surface area contributed by atoms with Crippen molar-refractivity contribution in [3.63, 3.8) is 0 Å². The molecule has 0 spiro atoms. The molecule has 0 aliphatic heterocycles. The van der Waals surface area contributed by atoms with Crippen LogP contribution in [0.2, 0.25) is 0 Å². The third-order valence-electron chi connectivity index (χ3n) is 4.36. The number of carbonyl (C=O) groups excluding carboxylic acids is 2. The van der Waals surface area contributed by atoms with Gasteiger partial charge in [0.15, 0.2) is 0 Å². The molecular weight excluding hydrogens is 358 g/mol. The first-order valence-corrected chi connectivity index (χ1v) is 9.91. The van der Waals surface area contributed by atoms with Crippen molar-refractivity contribution in [1.29, 1.82) is 0 Å². The van der Waals surface area contributed by atoms with Crippen LogP contribution < -0.4 is 16.4 Å². The first-order chi connectivity index (χ1) is 11.6. The zero-order valence-electron chi connectivity index (χ0n) is 14.6. The Bertz CT molecular complexity index is 565. The van der Waals surface area contributed by atoms with Crippen molar-refractivity contribution in [1.82, 2.24) is 5.32 Å². The van der Waals surface area contributed by atoms with Gasteiger partial charge in [0.1, 0.15) is 0 Å². The molecule has 1 aliphatic carbocycles. The molecule has 1 fully saturated rings. The number of amides is 2. The summed E-state index contributed by atoms with van der Waals surface area (Å²) in [4.78, 5) is 24.1. The SMILES string of the molecule is CSCC[C@H](N)C(=O)NCc1cccc(NC(=O)C2CCCC2)c1.Cl. The molecule has 1 aliphatic rings. The summed E-state index contributed by atoms with van der Waals surface area (Å²) in [5, 5.41) is 5.84. The highest BCUT2D eigenvalue weighted by molar-refractivity contribution is 7.98. The Morgan fingerprint density at radius 2 is 2.04 bits per heavy atom. The Labute approximate surface area is 160 Å². The Morgan fingerprint density at radius 3 is 2.72 bits per heavy atom. The lowest BCUT2D eigenvalue weighted by molar-refractivity contribution is -0.122. The number of hydrogen-bond acceptors (Lipinski definition) is 4. The number of nitrogens with two attached hydrogens (primary N) is 1. The highest BCUT2D eigenvalue weighted by atomic mass is 35.5. The summed E-state index contributed by atoms with van der Waals surface area (Å²) in [5.74, 6) is 0.983. The second kappa shape index (κ2) is 11.4. The van der Waals surface area contributed by atoms with Gasteiger partial charge in [-0.2, -0.15) is 11.8 Å². The normalized spacial score (nSPS) is 15.3. The van der Waals surface area contributed by atoms with Crippen LogP contribution >= 0.6 is 24.2 Å². The first kappa shape index (κ1) is 21.8. The second-order valence-electron chi connectivity index (χ2n) is 6.28. The maximum atomic E-state index is 12.2. The van der Waals surface area contributed by atoms with Crippen LogP contribution in [0.5, 0.6) is 0 Å². The summed E-state index contributed by atoms with van der Waals surface area (Å²) in [6.45, 7) is 0.416. The standard InChI is InChI=1S/C18H27N3O2S.ClH/c1-24-10-9-16(19)18(23)20-12-13-5-4-8-15(11-13)21-17(22)14-6-2-3-7-14;/h4-5,8,11,14,16H,2-3,6-7,9-10,12,19H2,1H3,(H,20,23)(H,21,22);1H/t16-;/m0./s1. The largest absolute Gasteiger partial charge is 0.351 e. The van der Waals surface area contributed by atoms with Gasteiger partial charge in [0.2, 0.25) is 11.8 Å². The maximum Gasteiger partial charge on any atom is 0.237 e. The van der Waals surface area contributed by atoms with Gasteiger partial charge < -0.3 is 16.4 Å². The molecule has 1 aromatic rings. The number of halogens is 1. The van der Waals surface area contributed by atoms with E-state index in [-0.39, 0.29) is 30.1 Å². The topological polar surface area (TPSA) is 84.2 Å². The molecule has 2 amide bonds. The molecule has 5 nitrogen and oxygen atoms in total. The van der Waals surface area contributed by atoms with Crippen LogP contribution in [0, 0.1) is 5.92 Å². The molecular formula is C18H28ClN3O2S. The summed E-state index contributed by atoms with van der Waals surface area (Å²) in [7, 11) is 0. The lowest BCUT2D eigenvalue weighted by Crippen LogP contribution is -2.40. The maximum absolute atomic E-state index is 12.2. The predicted octanol–water partition coefficient (Wildman–Crippen LogP) is 2.93. The van der Waals surface area contributed by atoms with Crippen molar-refractivity contribution in [3.05, 3.63) is 29.8 Å². The fraction of sp³-hybridized carbons (Fsp3) is 0.556. The Balaban J connectivity index is 0.00000312. The van der Waals surface area contributed by atoms with Crippen LogP contribution in [-0.4, -0.2) is 29.9 Å². The van der Waals surface area contributed by atoms with Crippen LogP contribution in [0.15, 0.2) is 24.3 Å². The molecule has 7 heteroatoms. The van der Waals surface area contributed by atoms with Gasteiger partial charge in [0.05, 0.1) is 6.04 Å². The molecule has 0 radical (unpaired) electrons. The highest BCUT2D eigenvalue weighted by Crippen LogP contribution is 2.26. The Kier molecular flexibility index (Phi) is 9.93. The van der Waals surface area contributed by atoms with E-state index in [0.29, 0.717) is 13.0 Å². The summed E-state index contributed by atoms with van der Waals surface area (Å²) >= 11 is 1.68. The van der Waals surface area contributed by atoms with E-state index in [9.17, 15) is 9.59 Å². The molecule has 0 unspecified atom stereocenters. The molecule has 1 aromatic carbocycles. The smallest absolute Gasteiger partial charge is 0.237 e. The van der Waals surface area contributed by atoms with Crippen molar-refractivity contribution in [3.8, 4) is 0 Å². The van der Waals surface area contributed by atoms with E-state index in [1.807, 2.05) is 30.5 Å². The van der Waals surface area contributed by atoms with E-state index in [0.717, 1.165) is 42.7 Å². The molecule has 140 valence electrons. The Hall–Kier alpha value is -1.24. The van der Waals surface area contributed by atoms with Crippen molar-refractivity contribution in [2.75, 3.05) is 17.3 Å². The third kappa shape index (κ3) is 7.26. The zero-order chi connectivity index (χ0) is 17.4. The van der Waals surface area contributed by atoms with Gasteiger partial charge in [-0.05, 0) is 49.0 Å². The number of nitrogens with one attached hydrogen (secondary N) is 2. The van der Waals surface area contributed by atoms with Crippen molar-refractivity contribution in [2.45, 2.75) is 44.7 Å². The summed E-state index contributed by atoms with van der Waals surface area (Å²) in [6, 6.07) is 7.13. The molecule has 1 saturated carbocycles. The van der Waals surface area contributed by atoms with E-state index in [1.54, 1.807) is 11.8 Å². The summed E-state index contributed by atoms with van der Waals surface area (Å²) in [5.41, 5.74) is 7.58. The fourth-order valence-corrected chi connectivity index (χ4v) is 3.38. The van der Waals surface area contributed by atoms with Gasteiger partial charge in [0.25, 0.3) is 0 Å². The van der Waals surface area contributed by atoms with Gasteiger partial charge >= 0.3 is 0 Å². The molecule has 0 bridgehead atoms. The van der Waals surface area contributed by atoms with Gasteiger partial charge in [-0.15, -0.1) is 12.4 Å². The zero-order valence-corrected chi connectivity index (χ0v) is 16.3. The van der Waals surface area contributed by atoms with Crippen molar-refractivity contribution < 1.29 is 9.59 Å². The molecule has 0 aromatic heterocycles. The molecule has 1 atom stereocenters. The van der Waals surface area contributed by atoms with Crippen LogP contribution in [0.1, 0.15) is 37.7 Å². The van der Waals surface area contributed by atoms with Gasteiger partial charge in [-0.1, -0.05) is 25.0 Å². The van der Waals surface area contributed by atoms with Gasteiger partial charge in [0, 0.05) is 18.2 Å². The monoisotopic (exact) mass is 385 g/mol.